The summed E-state index contributed by atoms with van der Waals surface area (Å²) in [5.74, 6) is -1.62. The Kier molecular flexibility index (Phi) is 4.94. The van der Waals surface area contributed by atoms with Crippen LogP contribution < -0.4 is 10.4 Å². The molecule has 3 rings (SSSR count). The molecule has 1 heterocycles. The second kappa shape index (κ2) is 7.33. The summed E-state index contributed by atoms with van der Waals surface area (Å²) < 4.78 is 10.9. The molecule has 0 aliphatic carbocycles. The number of carboxylic acid groups (broad SMARTS) is 2. The zero-order valence-corrected chi connectivity index (χ0v) is 14.4. The van der Waals surface area contributed by atoms with Crippen LogP contribution in [-0.4, -0.2) is 22.2 Å². The van der Waals surface area contributed by atoms with E-state index in [0.29, 0.717) is 22.3 Å². The van der Waals surface area contributed by atoms with E-state index in [1.165, 1.54) is 12.1 Å². The van der Waals surface area contributed by atoms with E-state index in [2.05, 4.69) is 0 Å². The van der Waals surface area contributed by atoms with Gasteiger partial charge in [-0.3, -0.25) is 4.79 Å². The van der Waals surface area contributed by atoms with Crippen LogP contribution in [0.3, 0.4) is 0 Å². The minimum atomic E-state index is -1.10. The van der Waals surface area contributed by atoms with E-state index in [4.69, 9.17) is 19.4 Å². The minimum Gasteiger partial charge on any atom is -0.489 e. The van der Waals surface area contributed by atoms with Gasteiger partial charge in [0.05, 0.1) is 17.5 Å². The van der Waals surface area contributed by atoms with Crippen LogP contribution in [0.5, 0.6) is 5.75 Å². The highest BCUT2D eigenvalue weighted by molar-refractivity contribution is 5.87. The Labute approximate surface area is 153 Å². The van der Waals surface area contributed by atoms with Gasteiger partial charge >= 0.3 is 17.6 Å². The number of rotatable bonds is 6. The predicted octanol–water partition coefficient (Wildman–Crippen LogP) is 3.01. The molecule has 0 spiro atoms. The molecule has 0 amide bonds. The highest BCUT2D eigenvalue weighted by atomic mass is 16.5. The summed E-state index contributed by atoms with van der Waals surface area (Å²) in [5, 5.41) is 18.5. The number of fused-ring (bicyclic) bond motifs is 1. The van der Waals surface area contributed by atoms with Crippen molar-refractivity contribution in [3.8, 4) is 5.75 Å². The lowest BCUT2D eigenvalue weighted by atomic mass is 10.0. The quantitative estimate of drug-likeness (QED) is 0.643. The van der Waals surface area contributed by atoms with Crippen LogP contribution >= 0.6 is 0 Å². The van der Waals surface area contributed by atoms with Gasteiger partial charge in [-0.15, -0.1) is 0 Å². The number of aromatic carboxylic acids is 1. The highest BCUT2D eigenvalue weighted by Gasteiger charge is 2.14. The molecule has 0 aliphatic rings. The maximum Gasteiger partial charge on any atom is 0.340 e. The van der Waals surface area contributed by atoms with Gasteiger partial charge in [0.25, 0.3) is 0 Å². The maximum atomic E-state index is 12.0. The summed E-state index contributed by atoms with van der Waals surface area (Å²) >= 11 is 0. The molecule has 3 aromatic rings. The highest BCUT2D eigenvalue weighted by Crippen LogP contribution is 2.25. The van der Waals surface area contributed by atoms with E-state index in [0.717, 1.165) is 5.56 Å². The first-order chi connectivity index (χ1) is 12.8. The molecular formula is C20H16O7. The van der Waals surface area contributed by atoms with Crippen molar-refractivity contribution in [3.05, 3.63) is 75.1 Å². The lowest BCUT2D eigenvalue weighted by molar-refractivity contribution is -0.136. The monoisotopic (exact) mass is 368 g/mol. The first kappa shape index (κ1) is 18.2. The Morgan fingerprint density at radius 2 is 1.78 bits per heavy atom. The third-order valence-electron chi connectivity index (χ3n) is 4.19. The Bertz CT molecular complexity index is 1080. The minimum absolute atomic E-state index is 0.127. The van der Waals surface area contributed by atoms with E-state index < -0.39 is 24.0 Å². The van der Waals surface area contributed by atoms with Crippen LogP contribution in [0.15, 0.2) is 51.7 Å². The molecular weight excluding hydrogens is 352 g/mol. The van der Waals surface area contributed by atoms with Gasteiger partial charge in [0.1, 0.15) is 17.9 Å². The molecule has 0 bridgehead atoms. The molecule has 7 nitrogen and oxygen atoms in total. The Hall–Kier alpha value is -3.61. The van der Waals surface area contributed by atoms with Gasteiger partial charge in [-0.2, -0.15) is 0 Å². The zero-order valence-electron chi connectivity index (χ0n) is 14.4. The molecule has 27 heavy (non-hydrogen) atoms. The van der Waals surface area contributed by atoms with Crippen LogP contribution in [-0.2, 0) is 17.8 Å². The zero-order chi connectivity index (χ0) is 19.6. The molecule has 0 atom stereocenters. The summed E-state index contributed by atoms with van der Waals surface area (Å²) in [6.45, 7) is 1.90. The molecule has 138 valence electrons. The Morgan fingerprint density at radius 1 is 1.07 bits per heavy atom. The van der Waals surface area contributed by atoms with Crippen LogP contribution in [0.1, 0.15) is 27.0 Å². The molecule has 0 fully saturated rings. The number of hydrogen-bond donors (Lipinski definition) is 2. The average Bonchev–Trinajstić information content (AvgIpc) is 2.63. The number of carboxylic acids is 2. The van der Waals surface area contributed by atoms with E-state index in [-0.39, 0.29) is 17.7 Å². The largest absolute Gasteiger partial charge is 0.489 e. The number of ether oxygens (including phenoxy) is 1. The summed E-state index contributed by atoms with van der Waals surface area (Å²) in [6, 6.07) is 11.3. The maximum absolute atomic E-state index is 12.0. The van der Waals surface area contributed by atoms with E-state index in [1.807, 2.05) is 0 Å². The first-order valence-corrected chi connectivity index (χ1v) is 8.08. The third kappa shape index (κ3) is 3.98. The Morgan fingerprint density at radius 3 is 2.41 bits per heavy atom. The van der Waals surface area contributed by atoms with Crippen LogP contribution in [0, 0.1) is 6.92 Å². The predicted molar refractivity (Wildman–Crippen MR) is 96.3 cm³/mol. The molecule has 0 unspecified atom stereocenters. The summed E-state index contributed by atoms with van der Waals surface area (Å²) in [4.78, 5) is 33.8. The SMILES string of the molecule is Cc1c(CC(=O)O)c(=O)oc2cc(OCc3ccc(C(=O)O)cc3)ccc12. The Balaban J connectivity index is 1.83. The van der Waals surface area contributed by atoms with Crippen molar-refractivity contribution in [3.63, 3.8) is 0 Å². The summed E-state index contributed by atoms with van der Waals surface area (Å²) in [7, 11) is 0. The van der Waals surface area contributed by atoms with Gasteiger partial charge in [-0.05, 0) is 42.3 Å². The van der Waals surface area contributed by atoms with Crippen LogP contribution in [0.2, 0.25) is 0 Å². The number of benzene rings is 2. The second-order valence-corrected chi connectivity index (χ2v) is 6.01. The number of aliphatic carboxylic acids is 1. The number of hydrogen-bond acceptors (Lipinski definition) is 5. The molecule has 2 aromatic carbocycles. The summed E-state index contributed by atoms with van der Waals surface area (Å²) in [5.41, 5.74) is 1.31. The smallest absolute Gasteiger partial charge is 0.340 e. The standard InChI is InChI=1S/C20H16O7/c1-11-15-7-6-14(8-17(15)27-20(25)16(11)9-18(21)22)26-10-12-2-4-13(5-3-12)19(23)24/h2-8H,9-10H2,1H3,(H,21,22)(H,23,24). The normalized spacial score (nSPS) is 10.7. The van der Waals surface area contributed by atoms with Gasteiger partial charge in [-0.1, -0.05) is 12.1 Å². The molecule has 0 aliphatic heterocycles. The van der Waals surface area contributed by atoms with Crippen LogP contribution in [0.25, 0.3) is 11.0 Å². The number of aryl methyl sites for hydroxylation is 1. The van der Waals surface area contributed by atoms with E-state index >= 15 is 0 Å². The first-order valence-electron chi connectivity index (χ1n) is 8.08. The van der Waals surface area contributed by atoms with Gasteiger partial charge in [0, 0.05) is 11.5 Å². The van der Waals surface area contributed by atoms with Gasteiger partial charge in [0.15, 0.2) is 0 Å². The lowest BCUT2D eigenvalue weighted by Gasteiger charge is -2.09. The van der Waals surface area contributed by atoms with Crippen molar-refractivity contribution in [2.45, 2.75) is 20.0 Å². The third-order valence-corrected chi connectivity index (χ3v) is 4.19. The lowest BCUT2D eigenvalue weighted by Crippen LogP contribution is -2.14. The van der Waals surface area contributed by atoms with Crippen molar-refractivity contribution >= 4 is 22.9 Å². The van der Waals surface area contributed by atoms with Crippen molar-refractivity contribution < 1.29 is 29.0 Å². The number of carbonyl (C=O) groups is 2. The molecule has 0 saturated heterocycles. The van der Waals surface area contributed by atoms with E-state index in [9.17, 15) is 14.4 Å². The van der Waals surface area contributed by atoms with Gasteiger partial charge < -0.3 is 19.4 Å². The molecule has 0 saturated carbocycles. The van der Waals surface area contributed by atoms with Crippen molar-refractivity contribution in [2.24, 2.45) is 0 Å². The topological polar surface area (TPSA) is 114 Å². The van der Waals surface area contributed by atoms with Gasteiger partial charge in [-0.25, -0.2) is 9.59 Å². The summed E-state index contributed by atoms with van der Waals surface area (Å²) in [6.07, 6.45) is -0.394. The van der Waals surface area contributed by atoms with Crippen molar-refractivity contribution in [2.75, 3.05) is 0 Å². The average molecular weight is 368 g/mol. The second-order valence-electron chi connectivity index (χ2n) is 6.01. The van der Waals surface area contributed by atoms with Crippen molar-refractivity contribution in [1.82, 2.24) is 0 Å². The fourth-order valence-electron chi connectivity index (χ4n) is 2.73. The van der Waals surface area contributed by atoms with Crippen molar-refractivity contribution in [1.29, 1.82) is 0 Å². The van der Waals surface area contributed by atoms with Crippen LogP contribution in [0.4, 0.5) is 0 Å². The molecule has 1 aromatic heterocycles. The van der Waals surface area contributed by atoms with Gasteiger partial charge in [0.2, 0.25) is 0 Å². The molecule has 2 N–H and O–H groups in total. The fourth-order valence-corrected chi connectivity index (χ4v) is 2.73. The molecule has 0 radical (unpaired) electrons. The molecule has 7 heteroatoms. The van der Waals surface area contributed by atoms with E-state index in [1.54, 1.807) is 37.3 Å². The fraction of sp³-hybridized carbons (Fsp3) is 0.150.